The number of aliphatic imine (C=N–C) groups is 1. The van der Waals surface area contributed by atoms with Crippen molar-refractivity contribution in [2.45, 2.75) is 43.2 Å². The van der Waals surface area contributed by atoms with Crippen LogP contribution in [-0.2, 0) is 17.0 Å². The van der Waals surface area contributed by atoms with Gasteiger partial charge in [-0.3, -0.25) is 4.79 Å². The van der Waals surface area contributed by atoms with Gasteiger partial charge in [-0.05, 0) is 48.9 Å². The summed E-state index contributed by atoms with van der Waals surface area (Å²) < 4.78 is 0.982. The number of rotatable bonds is 3. The molecule has 0 saturated heterocycles. The third kappa shape index (κ3) is 3.84. The highest BCUT2D eigenvalue weighted by Gasteiger charge is 2.25. The van der Waals surface area contributed by atoms with E-state index in [4.69, 9.17) is 4.99 Å². The Bertz CT molecular complexity index is 849. The van der Waals surface area contributed by atoms with Crippen molar-refractivity contribution < 1.29 is 4.79 Å². The van der Waals surface area contributed by atoms with Gasteiger partial charge in [0.05, 0.1) is 17.0 Å². The molecule has 134 valence electrons. The molecule has 0 saturated carbocycles. The summed E-state index contributed by atoms with van der Waals surface area (Å²) in [6.45, 7) is 1.97. The first-order valence-corrected chi connectivity index (χ1v) is 10.9. The molecule has 1 N–H and O–H groups in total. The summed E-state index contributed by atoms with van der Waals surface area (Å²) in [6.07, 6.45) is 3.26. The molecular weight excluding hydrogens is 360 g/mol. The van der Waals surface area contributed by atoms with Crippen molar-refractivity contribution in [2.24, 2.45) is 4.99 Å². The third-order valence-electron chi connectivity index (χ3n) is 4.89. The van der Waals surface area contributed by atoms with Crippen molar-refractivity contribution in [1.82, 2.24) is 5.32 Å². The lowest BCUT2D eigenvalue weighted by Gasteiger charge is -2.27. The van der Waals surface area contributed by atoms with Gasteiger partial charge in [0, 0.05) is 5.75 Å². The van der Waals surface area contributed by atoms with Crippen LogP contribution in [0.5, 0.6) is 0 Å². The first-order valence-electron chi connectivity index (χ1n) is 9.05. The number of amides is 1. The van der Waals surface area contributed by atoms with Crippen LogP contribution >= 0.6 is 23.5 Å². The summed E-state index contributed by atoms with van der Waals surface area (Å²) >= 11 is 3.28. The Morgan fingerprint density at radius 2 is 1.96 bits per heavy atom. The molecule has 0 spiro atoms. The SMILES string of the molecule is CC(SC1=Nc2ccccc2CS1)C(=O)NC1CCCc2ccccc21. The number of thioether (sulfide) groups is 2. The van der Waals surface area contributed by atoms with Crippen LogP contribution in [0.25, 0.3) is 0 Å². The number of hydrogen-bond donors (Lipinski definition) is 1. The fourth-order valence-corrected chi connectivity index (χ4v) is 5.67. The molecule has 1 aliphatic carbocycles. The normalized spacial score (nSPS) is 19.7. The zero-order valence-electron chi connectivity index (χ0n) is 14.8. The summed E-state index contributed by atoms with van der Waals surface area (Å²) in [5.41, 5.74) is 4.94. The molecule has 0 radical (unpaired) electrons. The number of para-hydroxylation sites is 1. The zero-order chi connectivity index (χ0) is 17.9. The van der Waals surface area contributed by atoms with E-state index < -0.39 is 0 Å². The van der Waals surface area contributed by atoms with Gasteiger partial charge in [-0.1, -0.05) is 66.0 Å². The predicted molar refractivity (Wildman–Crippen MR) is 112 cm³/mol. The van der Waals surface area contributed by atoms with E-state index in [0.29, 0.717) is 0 Å². The second-order valence-electron chi connectivity index (χ2n) is 6.71. The minimum atomic E-state index is -0.152. The first-order chi connectivity index (χ1) is 12.7. The summed E-state index contributed by atoms with van der Waals surface area (Å²) in [5.74, 6) is 1.02. The molecule has 26 heavy (non-hydrogen) atoms. The second-order valence-corrected chi connectivity index (χ2v) is 9.26. The number of benzene rings is 2. The molecule has 2 atom stereocenters. The fraction of sp³-hybridized carbons (Fsp3) is 0.333. The van der Waals surface area contributed by atoms with Crippen molar-refractivity contribution in [2.75, 3.05) is 0 Å². The van der Waals surface area contributed by atoms with Crippen LogP contribution < -0.4 is 5.32 Å². The smallest absolute Gasteiger partial charge is 0.233 e. The monoisotopic (exact) mass is 382 g/mol. The predicted octanol–water partition coefficient (Wildman–Crippen LogP) is 5.24. The van der Waals surface area contributed by atoms with E-state index in [1.54, 1.807) is 23.5 Å². The fourth-order valence-electron chi connectivity index (χ4n) is 3.47. The Labute approximate surface area is 163 Å². The van der Waals surface area contributed by atoms with E-state index in [-0.39, 0.29) is 17.2 Å². The van der Waals surface area contributed by atoms with Gasteiger partial charge in [-0.2, -0.15) is 0 Å². The maximum absolute atomic E-state index is 12.7. The van der Waals surface area contributed by atoms with Crippen molar-refractivity contribution in [1.29, 1.82) is 0 Å². The maximum Gasteiger partial charge on any atom is 0.233 e. The molecule has 5 heteroatoms. The average Bonchev–Trinajstić information content (AvgIpc) is 2.68. The van der Waals surface area contributed by atoms with Crippen molar-refractivity contribution in [3.8, 4) is 0 Å². The maximum atomic E-state index is 12.7. The van der Waals surface area contributed by atoms with Crippen LogP contribution in [0.2, 0.25) is 0 Å². The lowest BCUT2D eigenvalue weighted by molar-refractivity contribution is -0.121. The number of fused-ring (bicyclic) bond motifs is 2. The Morgan fingerprint density at radius 1 is 1.19 bits per heavy atom. The van der Waals surface area contributed by atoms with Gasteiger partial charge < -0.3 is 5.32 Å². The van der Waals surface area contributed by atoms with Crippen LogP contribution in [0.3, 0.4) is 0 Å². The lowest BCUT2D eigenvalue weighted by atomic mass is 9.88. The molecule has 0 fully saturated rings. The van der Waals surface area contributed by atoms with Gasteiger partial charge in [-0.15, -0.1) is 0 Å². The summed E-state index contributed by atoms with van der Waals surface area (Å²) in [7, 11) is 0. The summed E-state index contributed by atoms with van der Waals surface area (Å²) in [6, 6.07) is 16.8. The van der Waals surface area contributed by atoms with Gasteiger partial charge >= 0.3 is 0 Å². The minimum Gasteiger partial charge on any atom is -0.348 e. The highest BCUT2D eigenvalue weighted by molar-refractivity contribution is 8.39. The molecule has 2 aromatic rings. The zero-order valence-corrected chi connectivity index (χ0v) is 16.4. The molecule has 2 aliphatic rings. The Morgan fingerprint density at radius 3 is 2.85 bits per heavy atom. The molecular formula is C21H22N2OS2. The van der Waals surface area contributed by atoms with Crippen LogP contribution in [-0.4, -0.2) is 15.5 Å². The van der Waals surface area contributed by atoms with Gasteiger partial charge in [0.2, 0.25) is 5.91 Å². The molecule has 2 aromatic carbocycles. The van der Waals surface area contributed by atoms with Crippen molar-refractivity contribution >= 4 is 39.5 Å². The van der Waals surface area contributed by atoms with Crippen molar-refractivity contribution in [3.05, 3.63) is 65.2 Å². The highest BCUT2D eigenvalue weighted by Crippen LogP contribution is 2.36. The second kappa shape index (κ2) is 7.89. The largest absolute Gasteiger partial charge is 0.348 e. The van der Waals surface area contributed by atoms with E-state index in [1.165, 1.54) is 16.7 Å². The quantitative estimate of drug-likeness (QED) is 0.790. The molecule has 2 unspecified atom stereocenters. The van der Waals surface area contributed by atoms with Gasteiger partial charge in [0.1, 0.15) is 4.38 Å². The number of aryl methyl sites for hydroxylation is 1. The van der Waals surface area contributed by atoms with Crippen LogP contribution in [0, 0.1) is 0 Å². The van der Waals surface area contributed by atoms with Crippen LogP contribution in [0.1, 0.15) is 42.5 Å². The first kappa shape index (κ1) is 17.7. The Balaban J connectivity index is 1.41. The van der Waals surface area contributed by atoms with Crippen LogP contribution in [0.4, 0.5) is 5.69 Å². The summed E-state index contributed by atoms with van der Waals surface area (Å²) in [4.78, 5) is 17.5. The van der Waals surface area contributed by atoms with Gasteiger partial charge in [0.15, 0.2) is 0 Å². The molecule has 1 amide bonds. The summed E-state index contributed by atoms with van der Waals surface area (Å²) in [5, 5.41) is 3.11. The van der Waals surface area contributed by atoms with Gasteiger partial charge in [-0.25, -0.2) is 4.99 Å². The van der Waals surface area contributed by atoms with E-state index >= 15 is 0 Å². The molecule has 3 nitrogen and oxygen atoms in total. The van der Waals surface area contributed by atoms with E-state index in [0.717, 1.165) is 35.1 Å². The highest BCUT2D eigenvalue weighted by atomic mass is 32.2. The van der Waals surface area contributed by atoms with E-state index in [9.17, 15) is 4.79 Å². The van der Waals surface area contributed by atoms with E-state index in [2.05, 4.69) is 35.6 Å². The number of carbonyl (C=O) groups is 1. The molecule has 1 aliphatic heterocycles. The van der Waals surface area contributed by atoms with Crippen LogP contribution in [0.15, 0.2) is 53.5 Å². The molecule has 1 heterocycles. The average molecular weight is 383 g/mol. The Kier molecular flexibility index (Phi) is 5.36. The molecule has 4 rings (SSSR count). The van der Waals surface area contributed by atoms with Gasteiger partial charge in [0.25, 0.3) is 0 Å². The number of hydrogen-bond acceptors (Lipinski definition) is 4. The minimum absolute atomic E-state index is 0.0962. The number of carbonyl (C=O) groups excluding carboxylic acids is 1. The molecule has 0 aromatic heterocycles. The topological polar surface area (TPSA) is 41.5 Å². The Hall–Kier alpha value is -1.72. The number of nitrogens with zero attached hydrogens (tertiary/aromatic N) is 1. The lowest BCUT2D eigenvalue weighted by Crippen LogP contribution is -2.36. The van der Waals surface area contributed by atoms with Crippen molar-refractivity contribution in [3.63, 3.8) is 0 Å². The third-order valence-corrected chi connectivity index (χ3v) is 7.18. The number of nitrogens with one attached hydrogen (secondary N) is 1. The molecule has 0 bridgehead atoms. The van der Waals surface area contributed by atoms with E-state index in [1.807, 2.05) is 25.1 Å². The standard InChI is InChI=1S/C21H22N2OS2/c1-14(26-21-23-18-11-5-3-8-16(18)13-25-21)20(24)22-19-12-6-9-15-7-2-4-10-17(15)19/h2-5,7-8,10-11,14,19H,6,9,12-13H2,1H3,(H,22,24).